The van der Waals surface area contributed by atoms with Gasteiger partial charge in [-0.1, -0.05) is 91.0 Å². The fraction of sp³-hybridized carbons (Fsp3) is 0. The summed E-state index contributed by atoms with van der Waals surface area (Å²) in [4.78, 5) is 19.5. The van der Waals surface area contributed by atoms with E-state index in [9.17, 15) is 0 Å². The number of rotatable bonds is 4. The van der Waals surface area contributed by atoms with Gasteiger partial charge in [-0.15, -0.1) is 0 Å². The Kier molecular flexibility index (Phi) is 5.40. The molecule has 3 aromatic heterocycles. The third kappa shape index (κ3) is 4.12. The Balaban J connectivity index is 1.17. The molecule has 0 saturated carbocycles. The predicted octanol–water partition coefficient (Wildman–Crippen LogP) is 9.73. The minimum absolute atomic E-state index is 0.576. The van der Waals surface area contributed by atoms with Crippen LogP contribution < -0.4 is 0 Å². The minimum atomic E-state index is 0.576. The molecule has 6 aromatic carbocycles. The van der Waals surface area contributed by atoms with E-state index in [1.165, 1.54) is 5.39 Å². The molecule has 44 heavy (non-hydrogen) atoms. The topological polar surface area (TPSA) is 77.8 Å². The molecular weight excluding hydrogens is 544 g/mol. The highest BCUT2D eigenvalue weighted by atomic mass is 16.4. The zero-order valence-electron chi connectivity index (χ0n) is 23.3. The lowest BCUT2D eigenvalue weighted by atomic mass is 10.1. The van der Waals surface area contributed by atoms with Crippen LogP contribution in [-0.4, -0.2) is 19.9 Å². The minimum Gasteiger partial charge on any atom is -0.456 e. The van der Waals surface area contributed by atoms with Crippen molar-refractivity contribution in [2.75, 3.05) is 0 Å². The highest BCUT2D eigenvalue weighted by molar-refractivity contribution is 6.09. The van der Waals surface area contributed by atoms with Crippen molar-refractivity contribution >= 4 is 43.8 Å². The first-order valence-corrected chi connectivity index (χ1v) is 14.4. The van der Waals surface area contributed by atoms with Gasteiger partial charge in [-0.25, -0.2) is 19.9 Å². The molecule has 6 heteroatoms. The number of oxazole rings is 1. The lowest BCUT2D eigenvalue weighted by Gasteiger charge is -2.09. The van der Waals surface area contributed by atoms with Crippen LogP contribution in [0.2, 0.25) is 0 Å². The third-order valence-electron chi connectivity index (χ3n) is 7.94. The Morgan fingerprint density at radius 1 is 0.364 bits per heavy atom. The molecule has 0 aliphatic carbocycles. The molecule has 9 aromatic rings. The molecule has 0 N–H and O–H groups in total. The summed E-state index contributed by atoms with van der Waals surface area (Å²) in [6, 6.07) is 44.5. The van der Waals surface area contributed by atoms with E-state index in [-0.39, 0.29) is 0 Å². The number of nitrogens with zero attached hydrogens (tertiary/aromatic N) is 4. The van der Waals surface area contributed by atoms with Crippen LogP contribution in [0.5, 0.6) is 0 Å². The van der Waals surface area contributed by atoms with Gasteiger partial charge in [-0.05, 0) is 47.2 Å². The fourth-order valence-electron chi connectivity index (χ4n) is 5.72. The molecule has 0 aliphatic heterocycles. The van der Waals surface area contributed by atoms with E-state index in [2.05, 4.69) is 36.4 Å². The number of furan rings is 1. The summed E-state index contributed by atoms with van der Waals surface area (Å²) in [6.07, 6.45) is 0. The van der Waals surface area contributed by atoms with Gasteiger partial charge in [0, 0.05) is 39.1 Å². The van der Waals surface area contributed by atoms with Gasteiger partial charge in [0.1, 0.15) is 16.7 Å². The zero-order valence-corrected chi connectivity index (χ0v) is 23.3. The number of hydrogen-bond acceptors (Lipinski definition) is 6. The summed E-state index contributed by atoms with van der Waals surface area (Å²) >= 11 is 0. The summed E-state index contributed by atoms with van der Waals surface area (Å²) in [5, 5.41) is 4.27. The monoisotopic (exact) mass is 566 g/mol. The van der Waals surface area contributed by atoms with Crippen molar-refractivity contribution in [1.82, 2.24) is 19.9 Å². The van der Waals surface area contributed by atoms with Crippen LogP contribution in [0.25, 0.3) is 89.4 Å². The van der Waals surface area contributed by atoms with Gasteiger partial charge in [0.15, 0.2) is 23.1 Å². The van der Waals surface area contributed by atoms with Crippen LogP contribution in [0.15, 0.2) is 142 Å². The normalized spacial score (nSPS) is 11.6. The predicted molar refractivity (Wildman–Crippen MR) is 174 cm³/mol. The van der Waals surface area contributed by atoms with E-state index in [0.29, 0.717) is 28.9 Å². The van der Waals surface area contributed by atoms with Crippen molar-refractivity contribution < 1.29 is 8.83 Å². The number of benzene rings is 6. The molecule has 0 fully saturated rings. The lowest BCUT2D eigenvalue weighted by molar-refractivity contribution is 0.617. The molecule has 0 saturated heterocycles. The molecular formula is C38H22N4O2. The summed E-state index contributed by atoms with van der Waals surface area (Å²) in [5.41, 5.74) is 6.57. The molecule has 3 heterocycles. The lowest BCUT2D eigenvalue weighted by Crippen LogP contribution is -2.00. The smallest absolute Gasteiger partial charge is 0.227 e. The number of aromatic nitrogens is 4. The van der Waals surface area contributed by atoms with Gasteiger partial charge >= 0.3 is 0 Å². The first-order valence-electron chi connectivity index (χ1n) is 14.4. The second-order valence-corrected chi connectivity index (χ2v) is 10.7. The van der Waals surface area contributed by atoms with Crippen molar-refractivity contribution in [1.29, 1.82) is 0 Å². The summed E-state index contributed by atoms with van der Waals surface area (Å²) in [6.45, 7) is 0. The van der Waals surface area contributed by atoms with Crippen molar-refractivity contribution in [2.45, 2.75) is 0 Å². The van der Waals surface area contributed by atoms with Gasteiger partial charge in [0.05, 0.1) is 0 Å². The van der Waals surface area contributed by atoms with Crippen molar-refractivity contribution in [3.63, 3.8) is 0 Å². The summed E-state index contributed by atoms with van der Waals surface area (Å²) in [5.74, 6) is 2.40. The largest absolute Gasteiger partial charge is 0.456 e. The molecule has 0 radical (unpaired) electrons. The second kappa shape index (κ2) is 9.71. The first kappa shape index (κ1) is 24.5. The Morgan fingerprint density at radius 2 is 0.977 bits per heavy atom. The van der Waals surface area contributed by atoms with E-state index in [1.54, 1.807) is 0 Å². The molecule has 0 aliphatic rings. The molecule has 0 spiro atoms. The second-order valence-electron chi connectivity index (χ2n) is 10.7. The standard InChI is InChI=1S/C38H22N4O2/c1-3-10-24(11-4-1)35-40-36(27-16-15-23-9-7-8-14-26(23)19-27)42-37(41-35)28-17-18-29-30-21-31-34(22-33(30)43-32(29)20-28)44-38(39-31)25-12-5-2-6-13-25/h1-22H. The van der Waals surface area contributed by atoms with E-state index in [4.69, 9.17) is 28.8 Å². The summed E-state index contributed by atoms with van der Waals surface area (Å²) in [7, 11) is 0. The maximum Gasteiger partial charge on any atom is 0.227 e. The van der Waals surface area contributed by atoms with Crippen LogP contribution in [0.3, 0.4) is 0 Å². The van der Waals surface area contributed by atoms with Crippen LogP contribution in [0.4, 0.5) is 0 Å². The van der Waals surface area contributed by atoms with Crippen LogP contribution in [0.1, 0.15) is 0 Å². The average Bonchev–Trinajstić information content (AvgIpc) is 3.67. The molecule has 6 nitrogen and oxygen atoms in total. The van der Waals surface area contributed by atoms with Crippen molar-refractivity contribution in [2.24, 2.45) is 0 Å². The third-order valence-corrected chi connectivity index (χ3v) is 7.94. The van der Waals surface area contributed by atoms with Gasteiger partial charge in [0.25, 0.3) is 0 Å². The molecule has 0 unspecified atom stereocenters. The maximum absolute atomic E-state index is 6.36. The average molecular weight is 567 g/mol. The van der Waals surface area contributed by atoms with E-state index < -0.39 is 0 Å². The maximum atomic E-state index is 6.36. The Labute approximate surface area is 251 Å². The zero-order chi connectivity index (χ0) is 29.0. The Bertz CT molecular complexity index is 2500. The van der Waals surface area contributed by atoms with E-state index in [1.807, 2.05) is 97.1 Å². The van der Waals surface area contributed by atoms with Crippen molar-refractivity contribution in [3.8, 4) is 45.6 Å². The van der Waals surface area contributed by atoms with Crippen LogP contribution >= 0.6 is 0 Å². The van der Waals surface area contributed by atoms with Crippen LogP contribution in [0, 0.1) is 0 Å². The van der Waals surface area contributed by atoms with Crippen LogP contribution in [-0.2, 0) is 0 Å². The first-order chi connectivity index (χ1) is 21.7. The Morgan fingerprint density at radius 3 is 1.75 bits per heavy atom. The highest BCUT2D eigenvalue weighted by Gasteiger charge is 2.17. The number of hydrogen-bond donors (Lipinski definition) is 0. The van der Waals surface area contributed by atoms with Gasteiger partial charge in [-0.2, -0.15) is 0 Å². The van der Waals surface area contributed by atoms with Gasteiger partial charge in [0.2, 0.25) is 5.89 Å². The molecule has 206 valence electrons. The highest BCUT2D eigenvalue weighted by Crippen LogP contribution is 2.36. The van der Waals surface area contributed by atoms with Gasteiger partial charge in [-0.3, -0.25) is 0 Å². The molecule has 0 amide bonds. The Hall–Kier alpha value is -6.14. The quantitative estimate of drug-likeness (QED) is 0.211. The SMILES string of the molecule is c1ccc(-c2nc(-c3ccc4ccccc4c3)nc(-c3ccc4c(c3)oc3cc5oc(-c6ccccc6)nc5cc34)n2)cc1. The molecule has 0 atom stereocenters. The van der Waals surface area contributed by atoms with Gasteiger partial charge < -0.3 is 8.83 Å². The van der Waals surface area contributed by atoms with E-state index in [0.717, 1.165) is 55.1 Å². The number of fused-ring (bicyclic) bond motifs is 5. The summed E-state index contributed by atoms with van der Waals surface area (Å²) < 4.78 is 12.4. The van der Waals surface area contributed by atoms with E-state index >= 15 is 0 Å². The fourth-order valence-corrected chi connectivity index (χ4v) is 5.72. The molecule has 9 rings (SSSR count). The van der Waals surface area contributed by atoms with Crippen molar-refractivity contribution in [3.05, 3.63) is 133 Å². The molecule has 0 bridgehead atoms.